The smallest absolute Gasteiger partial charge is 0.0685 e. The van der Waals surface area contributed by atoms with Crippen molar-refractivity contribution in [3.63, 3.8) is 0 Å². The Morgan fingerprint density at radius 1 is 0.818 bits per heavy atom. The molecule has 33 heavy (non-hydrogen) atoms. The summed E-state index contributed by atoms with van der Waals surface area (Å²) in [6.45, 7) is 12.8. The van der Waals surface area contributed by atoms with Crippen molar-refractivity contribution in [2.24, 2.45) is 5.41 Å². The van der Waals surface area contributed by atoms with Crippen LogP contribution in [0.4, 0.5) is 0 Å². The molecule has 0 radical (unpaired) electrons. The van der Waals surface area contributed by atoms with Gasteiger partial charge in [0.2, 0.25) is 0 Å². The molecule has 0 amide bonds. The molecule has 0 spiro atoms. The van der Waals surface area contributed by atoms with Crippen LogP contribution in [0.15, 0.2) is 42.5 Å². The van der Waals surface area contributed by atoms with Gasteiger partial charge >= 0.3 is 0 Å². The minimum Gasteiger partial charge on any atom is -0.393 e. The van der Waals surface area contributed by atoms with Crippen molar-refractivity contribution < 1.29 is 15.3 Å². The van der Waals surface area contributed by atoms with Crippen LogP contribution in [0, 0.1) is 5.41 Å². The third kappa shape index (κ3) is 6.79. The molecule has 0 bridgehead atoms. The highest BCUT2D eigenvalue weighted by atomic mass is 16.3. The molecule has 0 aliphatic rings. The van der Waals surface area contributed by atoms with Crippen LogP contribution >= 0.6 is 0 Å². The topological polar surface area (TPSA) is 60.7 Å². The number of benzene rings is 2. The molecule has 2 rings (SSSR count). The fourth-order valence-electron chi connectivity index (χ4n) is 4.53. The standard InChI is InChI=1S/C30H44O3/c1-7-23-19-27(14-12-24(23)13-15-28(33)29(4,5)6)30(8-2,9-3)17-16-22-10-11-25(20-31)26(18-22)21-32/h10-12,14,16-19,28,31-33H,7-9,13,15,20-21H2,1-6H3/b17-16+. The van der Waals surface area contributed by atoms with E-state index in [0.717, 1.165) is 48.8 Å². The Morgan fingerprint density at radius 2 is 1.45 bits per heavy atom. The normalized spacial score (nSPS) is 13.6. The lowest BCUT2D eigenvalue weighted by Crippen LogP contribution is -2.26. The van der Waals surface area contributed by atoms with Gasteiger partial charge < -0.3 is 15.3 Å². The maximum Gasteiger partial charge on any atom is 0.0685 e. The van der Waals surface area contributed by atoms with Gasteiger partial charge in [0.15, 0.2) is 0 Å². The Balaban J connectivity index is 2.34. The highest BCUT2D eigenvalue weighted by Gasteiger charge is 2.26. The van der Waals surface area contributed by atoms with Gasteiger partial charge in [-0.1, -0.05) is 84.0 Å². The molecule has 3 heteroatoms. The van der Waals surface area contributed by atoms with Crippen molar-refractivity contribution in [2.75, 3.05) is 0 Å². The zero-order chi connectivity index (χ0) is 24.6. The number of aliphatic hydroxyl groups excluding tert-OH is 3. The second-order valence-corrected chi connectivity index (χ2v) is 10.3. The Morgan fingerprint density at radius 3 is 2.00 bits per heavy atom. The Labute approximate surface area is 201 Å². The highest BCUT2D eigenvalue weighted by Crippen LogP contribution is 2.36. The van der Waals surface area contributed by atoms with Gasteiger partial charge in [-0.25, -0.2) is 0 Å². The fraction of sp³-hybridized carbons (Fsp3) is 0.533. The third-order valence-electron chi connectivity index (χ3n) is 7.28. The van der Waals surface area contributed by atoms with Gasteiger partial charge in [0.1, 0.15) is 0 Å². The van der Waals surface area contributed by atoms with E-state index in [1.165, 1.54) is 16.7 Å². The second-order valence-electron chi connectivity index (χ2n) is 10.3. The quantitative estimate of drug-likeness (QED) is 0.372. The lowest BCUT2D eigenvalue weighted by atomic mass is 9.74. The van der Waals surface area contributed by atoms with Gasteiger partial charge in [-0.05, 0) is 77.0 Å². The van der Waals surface area contributed by atoms with E-state index in [1.807, 2.05) is 18.2 Å². The summed E-state index contributed by atoms with van der Waals surface area (Å²) in [6, 6.07) is 12.7. The first-order chi connectivity index (χ1) is 15.6. The minimum absolute atomic E-state index is 0.0628. The van der Waals surface area contributed by atoms with Gasteiger partial charge in [0, 0.05) is 5.41 Å². The van der Waals surface area contributed by atoms with Gasteiger partial charge in [-0.2, -0.15) is 0 Å². The van der Waals surface area contributed by atoms with Gasteiger partial charge in [-0.3, -0.25) is 0 Å². The summed E-state index contributed by atoms with van der Waals surface area (Å²) in [5.41, 5.74) is 6.44. The Hall–Kier alpha value is -1.94. The number of hydrogen-bond donors (Lipinski definition) is 3. The van der Waals surface area contributed by atoms with Crippen molar-refractivity contribution in [1.29, 1.82) is 0 Å². The molecule has 3 N–H and O–H groups in total. The molecule has 2 aromatic rings. The minimum atomic E-state index is -0.309. The summed E-state index contributed by atoms with van der Waals surface area (Å²) in [7, 11) is 0. The van der Waals surface area contributed by atoms with Crippen molar-refractivity contribution in [1.82, 2.24) is 0 Å². The predicted octanol–water partition coefficient (Wildman–Crippen LogP) is 6.34. The second kappa shape index (κ2) is 12.0. The van der Waals surface area contributed by atoms with Gasteiger partial charge in [-0.15, -0.1) is 0 Å². The molecule has 0 heterocycles. The molecule has 0 aliphatic carbocycles. The first-order valence-electron chi connectivity index (χ1n) is 12.5. The molecule has 0 aromatic heterocycles. The molecule has 1 atom stereocenters. The molecule has 0 fully saturated rings. The van der Waals surface area contributed by atoms with E-state index >= 15 is 0 Å². The van der Waals surface area contributed by atoms with Crippen LogP contribution in [0.5, 0.6) is 0 Å². The molecular formula is C30H44O3. The number of rotatable bonds is 11. The molecule has 3 nitrogen and oxygen atoms in total. The summed E-state index contributed by atoms with van der Waals surface area (Å²) in [4.78, 5) is 0. The molecule has 1 unspecified atom stereocenters. The highest BCUT2D eigenvalue weighted by molar-refractivity contribution is 5.55. The number of hydrogen-bond acceptors (Lipinski definition) is 3. The average Bonchev–Trinajstić information content (AvgIpc) is 2.82. The lowest BCUT2D eigenvalue weighted by Gasteiger charge is -2.30. The Kier molecular flexibility index (Phi) is 9.90. The van der Waals surface area contributed by atoms with Crippen molar-refractivity contribution in [3.05, 3.63) is 75.9 Å². The van der Waals surface area contributed by atoms with E-state index < -0.39 is 0 Å². The van der Waals surface area contributed by atoms with Crippen LogP contribution in [0.1, 0.15) is 94.2 Å². The molecule has 2 aromatic carbocycles. The maximum atomic E-state index is 10.5. The lowest BCUT2D eigenvalue weighted by molar-refractivity contribution is 0.0559. The summed E-state index contributed by atoms with van der Waals surface area (Å²) in [5.74, 6) is 0. The largest absolute Gasteiger partial charge is 0.393 e. The Bertz CT molecular complexity index is 917. The van der Waals surface area contributed by atoms with Crippen molar-refractivity contribution in [3.8, 4) is 0 Å². The SMILES string of the molecule is CCc1cc(C(/C=C/c2ccc(CO)c(CO)c2)(CC)CC)ccc1CCC(O)C(C)(C)C. The average molecular weight is 453 g/mol. The van der Waals surface area contributed by atoms with E-state index in [-0.39, 0.29) is 30.1 Å². The predicted molar refractivity (Wildman–Crippen MR) is 139 cm³/mol. The first kappa shape index (κ1) is 27.3. The van der Waals surface area contributed by atoms with E-state index in [1.54, 1.807) is 0 Å². The van der Waals surface area contributed by atoms with E-state index in [4.69, 9.17) is 0 Å². The molecule has 0 saturated carbocycles. The van der Waals surface area contributed by atoms with Crippen LogP contribution in [0.25, 0.3) is 6.08 Å². The van der Waals surface area contributed by atoms with Crippen LogP contribution in [0.3, 0.4) is 0 Å². The van der Waals surface area contributed by atoms with E-state index in [9.17, 15) is 15.3 Å². The van der Waals surface area contributed by atoms with Crippen LogP contribution in [-0.4, -0.2) is 21.4 Å². The molecule has 0 saturated heterocycles. The van der Waals surface area contributed by atoms with E-state index in [0.29, 0.717) is 0 Å². The summed E-state index contributed by atoms with van der Waals surface area (Å²) in [6.07, 6.45) is 8.77. The molecule has 0 aliphatic heterocycles. The summed E-state index contributed by atoms with van der Waals surface area (Å²) < 4.78 is 0. The zero-order valence-corrected chi connectivity index (χ0v) is 21.5. The first-order valence-corrected chi connectivity index (χ1v) is 12.5. The van der Waals surface area contributed by atoms with Crippen molar-refractivity contribution >= 4 is 6.08 Å². The fourth-order valence-corrected chi connectivity index (χ4v) is 4.53. The van der Waals surface area contributed by atoms with Crippen LogP contribution < -0.4 is 0 Å². The van der Waals surface area contributed by atoms with Gasteiger partial charge in [0.05, 0.1) is 19.3 Å². The number of aryl methyl sites for hydroxylation is 2. The third-order valence-corrected chi connectivity index (χ3v) is 7.28. The number of allylic oxidation sites excluding steroid dienone is 1. The monoisotopic (exact) mass is 452 g/mol. The molecule has 182 valence electrons. The zero-order valence-electron chi connectivity index (χ0n) is 21.5. The van der Waals surface area contributed by atoms with Crippen molar-refractivity contribution in [2.45, 2.75) is 98.4 Å². The summed E-state index contributed by atoms with van der Waals surface area (Å²) >= 11 is 0. The summed E-state index contributed by atoms with van der Waals surface area (Å²) in [5, 5.41) is 29.6. The number of aliphatic hydroxyl groups is 3. The van der Waals surface area contributed by atoms with Crippen LogP contribution in [-0.2, 0) is 31.5 Å². The van der Waals surface area contributed by atoms with Crippen LogP contribution in [0.2, 0.25) is 0 Å². The molecular weight excluding hydrogens is 408 g/mol. The van der Waals surface area contributed by atoms with Gasteiger partial charge in [0.25, 0.3) is 0 Å². The maximum absolute atomic E-state index is 10.5. The van der Waals surface area contributed by atoms with E-state index in [2.05, 4.69) is 71.9 Å².